The van der Waals surface area contributed by atoms with Gasteiger partial charge in [-0.25, -0.2) is 0 Å². The van der Waals surface area contributed by atoms with E-state index in [-0.39, 0.29) is 5.54 Å². The monoisotopic (exact) mass is 317 g/mol. The van der Waals surface area contributed by atoms with Crippen molar-refractivity contribution in [3.63, 3.8) is 0 Å². The molecule has 0 saturated heterocycles. The van der Waals surface area contributed by atoms with Gasteiger partial charge in [0.1, 0.15) is 12.4 Å². The van der Waals surface area contributed by atoms with E-state index < -0.39 is 0 Å². The van der Waals surface area contributed by atoms with E-state index in [2.05, 4.69) is 34.1 Å². The summed E-state index contributed by atoms with van der Waals surface area (Å²) in [6.45, 7) is 0.561. The normalized spacial score (nSPS) is 21.6. The average molecular weight is 318 g/mol. The lowest BCUT2D eigenvalue weighted by atomic mass is 9.84. The van der Waals surface area contributed by atoms with Crippen LogP contribution in [0.3, 0.4) is 0 Å². The maximum atomic E-state index is 6.53. The quantitative estimate of drug-likeness (QED) is 0.922. The predicted octanol–water partition coefficient (Wildman–Crippen LogP) is 3.32. The zero-order valence-electron chi connectivity index (χ0n) is 10.6. The van der Waals surface area contributed by atoms with E-state index in [9.17, 15) is 0 Å². The summed E-state index contributed by atoms with van der Waals surface area (Å²) in [7, 11) is 0. The van der Waals surface area contributed by atoms with Gasteiger partial charge in [0.25, 0.3) is 0 Å². The number of nitrogens with two attached hydrogens (primary N) is 1. The summed E-state index contributed by atoms with van der Waals surface area (Å²) in [4.78, 5) is 0. The van der Waals surface area contributed by atoms with Gasteiger partial charge in [-0.3, -0.25) is 0 Å². The number of rotatable bonds is 2. The molecule has 98 valence electrons. The zero-order chi connectivity index (χ0) is 13.3. The Morgan fingerprint density at radius 1 is 1.11 bits per heavy atom. The van der Waals surface area contributed by atoms with E-state index >= 15 is 0 Å². The summed E-state index contributed by atoms with van der Waals surface area (Å²) in [6.07, 6.45) is 1.66. The van der Waals surface area contributed by atoms with Gasteiger partial charge < -0.3 is 10.5 Å². The van der Waals surface area contributed by atoms with Gasteiger partial charge >= 0.3 is 0 Å². The van der Waals surface area contributed by atoms with Gasteiger partial charge in [-0.1, -0.05) is 52.3 Å². The van der Waals surface area contributed by atoms with E-state index in [4.69, 9.17) is 10.5 Å². The fourth-order valence-corrected chi connectivity index (χ4v) is 3.00. The van der Waals surface area contributed by atoms with Crippen LogP contribution in [0.5, 0.6) is 5.75 Å². The highest BCUT2D eigenvalue weighted by Crippen LogP contribution is 2.31. The van der Waals surface area contributed by atoms with Gasteiger partial charge in [-0.15, -0.1) is 0 Å². The van der Waals surface area contributed by atoms with Crippen LogP contribution in [0.25, 0.3) is 0 Å². The molecule has 0 aromatic heterocycles. The van der Waals surface area contributed by atoms with Crippen molar-refractivity contribution in [3.8, 4) is 5.75 Å². The summed E-state index contributed by atoms with van der Waals surface area (Å²) in [6, 6.07) is 16.4. The molecule has 1 atom stereocenters. The molecule has 1 aliphatic heterocycles. The second-order valence-corrected chi connectivity index (χ2v) is 6.06. The summed E-state index contributed by atoms with van der Waals surface area (Å²) < 4.78 is 6.92. The third kappa shape index (κ3) is 2.67. The molecule has 0 saturated carbocycles. The number of hydrogen-bond acceptors (Lipinski definition) is 2. The standard InChI is InChI=1S/C16H16BrNO/c17-14-7-3-1-5-12(14)9-16(18)10-13-6-2-4-8-15(13)19-11-16/h1-8H,9-11,18H2. The molecule has 2 N–H and O–H groups in total. The topological polar surface area (TPSA) is 35.2 Å². The molecule has 0 fully saturated rings. The van der Waals surface area contributed by atoms with Gasteiger partial charge in [0.2, 0.25) is 0 Å². The van der Waals surface area contributed by atoms with Crippen molar-refractivity contribution in [2.75, 3.05) is 6.61 Å². The minimum absolute atomic E-state index is 0.335. The van der Waals surface area contributed by atoms with E-state index in [0.29, 0.717) is 6.61 Å². The Morgan fingerprint density at radius 3 is 2.68 bits per heavy atom. The number of hydrogen-bond donors (Lipinski definition) is 1. The van der Waals surface area contributed by atoms with Crippen LogP contribution in [0.15, 0.2) is 53.0 Å². The van der Waals surface area contributed by atoms with E-state index in [1.165, 1.54) is 11.1 Å². The fourth-order valence-electron chi connectivity index (χ4n) is 2.58. The van der Waals surface area contributed by atoms with Crippen molar-refractivity contribution in [1.82, 2.24) is 0 Å². The molecule has 1 aliphatic rings. The minimum Gasteiger partial charge on any atom is -0.491 e. The molecule has 0 amide bonds. The first-order chi connectivity index (χ1) is 9.16. The predicted molar refractivity (Wildman–Crippen MR) is 80.4 cm³/mol. The van der Waals surface area contributed by atoms with Crippen LogP contribution in [0.4, 0.5) is 0 Å². The molecule has 3 heteroatoms. The lowest BCUT2D eigenvalue weighted by molar-refractivity contribution is 0.189. The van der Waals surface area contributed by atoms with Crippen LogP contribution in [-0.2, 0) is 12.8 Å². The number of ether oxygens (including phenoxy) is 1. The Hall–Kier alpha value is -1.32. The first-order valence-corrected chi connectivity index (χ1v) is 7.19. The van der Waals surface area contributed by atoms with Gasteiger partial charge in [0, 0.05) is 4.47 Å². The van der Waals surface area contributed by atoms with Crippen molar-refractivity contribution >= 4 is 15.9 Å². The fraction of sp³-hybridized carbons (Fsp3) is 0.250. The smallest absolute Gasteiger partial charge is 0.122 e. The molecule has 0 aliphatic carbocycles. The zero-order valence-corrected chi connectivity index (χ0v) is 12.2. The maximum absolute atomic E-state index is 6.53. The number of fused-ring (bicyclic) bond motifs is 1. The molecule has 0 bridgehead atoms. The molecule has 2 nitrogen and oxygen atoms in total. The highest BCUT2D eigenvalue weighted by atomic mass is 79.9. The van der Waals surface area contributed by atoms with E-state index in [1.54, 1.807) is 0 Å². The van der Waals surface area contributed by atoms with Crippen LogP contribution in [0, 0.1) is 0 Å². The van der Waals surface area contributed by atoms with Gasteiger partial charge in [0.05, 0.1) is 5.54 Å². The van der Waals surface area contributed by atoms with Crippen LogP contribution in [0.2, 0.25) is 0 Å². The van der Waals surface area contributed by atoms with Crippen LogP contribution in [0.1, 0.15) is 11.1 Å². The molecular formula is C16H16BrNO. The molecule has 2 aromatic rings. The van der Waals surface area contributed by atoms with E-state index in [1.807, 2.05) is 30.3 Å². The maximum Gasteiger partial charge on any atom is 0.122 e. The Bertz CT molecular complexity index is 599. The van der Waals surface area contributed by atoms with Gasteiger partial charge in [-0.05, 0) is 36.1 Å². The molecule has 3 rings (SSSR count). The molecule has 2 aromatic carbocycles. The third-order valence-electron chi connectivity index (χ3n) is 3.53. The van der Waals surface area contributed by atoms with Crippen LogP contribution in [-0.4, -0.2) is 12.1 Å². The second-order valence-electron chi connectivity index (χ2n) is 5.20. The lowest BCUT2D eigenvalue weighted by Crippen LogP contribution is -2.51. The summed E-state index contributed by atoms with van der Waals surface area (Å²) in [5.74, 6) is 0.968. The van der Waals surface area contributed by atoms with Crippen molar-refractivity contribution < 1.29 is 4.74 Å². The van der Waals surface area contributed by atoms with E-state index in [0.717, 1.165) is 23.1 Å². The Kier molecular flexibility index (Phi) is 3.33. The number of para-hydroxylation sites is 1. The second kappa shape index (κ2) is 4.99. The van der Waals surface area contributed by atoms with Crippen molar-refractivity contribution in [3.05, 3.63) is 64.1 Å². The molecular weight excluding hydrogens is 302 g/mol. The highest BCUT2D eigenvalue weighted by Gasteiger charge is 2.32. The SMILES string of the molecule is NC1(Cc2ccccc2Br)COc2ccccc2C1. The van der Waals surface area contributed by atoms with Crippen molar-refractivity contribution in [2.45, 2.75) is 18.4 Å². The largest absolute Gasteiger partial charge is 0.491 e. The Balaban J connectivity index is 1.84. The average Bonchev–Trinajstić information content (AvgIpc) is 2.41. The summed E-state index contributed by atoms with van der Waals surface area (Å²) in [5, 5.41) is 0. The minimum atomic E-state index is -0.335. The highest BCUT2D eigenvalue weighted by molar-refractivity contribution is 9.10. The Labute approximate surface area is 121 Å². The molecule has 1 unspecified atom stereocenters. The molecule has 1 heterocycles. The third-order valence-corrected chi connectivity index (χ3v) is 4.30. The molecule has 0 radical (unpaired) electrons. The van der Waals surface area contributed by atoms with Gasteiger partial charge in [-0.2, -0.15) is 0 Å². The first-order valence-electron chi connectivity index (χ1n) is 6.39. The molecule has 0 spiro atoms. The summed E-state index contributed by atoms with van der Waals surface area (Å²) in [5.41, 5.74) is 8.62. The molecule has 19 heavy (non-hydrogen) atoms. The Morgan fingerprint density at radius 2 is 1.84 bits per heavy atom. The number of halogens is 1. The van der Waals surface area contributed by atoms with Crippen LogP contribution >= 0.6 is 15.9 Å². The lowest BCUT2D eigenvalue weighted by Gasteiger charge is -2.35. The number of benzene rings is 2. The summed E-state index contributed by atoms with van der Waals surface area (Å²) >= 11 is 3.58. The van der Waals surface area contributed by atoms with Crippen molar-refractivity contribution in [1.29, 1.82) is 0 Å². The first kappa shape index (κ1) is 12.7. The van der Waals surface area contributed by atoms with Gasteiger partial charge in [0.15, 0.2) is 0 Å². The van der Waals surface area contributed by atoms with Crippen molar-refractivity contribution in [2.24, 2.45) is 5.73 Å². The van der Waals surface area contributed by atoms with Crippen LogP contribution < -0.4 is 10.5 Å².